The first-order valence-electron chi connectivity index (χ1n) is 9.00. The smallest absolute Gasteiger partial charge is 0.322 e. The number of rotatable bonds is 6. The van der Waals surface area contributed by atoms with E-state index in [1.165, 1.54) is 21.9 Å². The lowest BCUT2D eigenvalue weighted by atomic mass is 9.95. The number of nitrogens with one attached hydrogen (secondary N) is 1. The molecule has 28 heavy (non-hydrogen) atoms. The van der Waals surface area contributed by atoms with Crippen molar-refractivity contribution in [2.24, 2.45) is 0 Å². The molecule has 148 valence electrons. The lowest BCUT2D eigenvalue weighted by Gasteiger charge is -2.33. The molecule has 1 aromatic carbocycles. The lowest BCUT2D eigenvalue weighted by Crippen LogP contribution is -2.47. The van der Waals surface area contributed by atoms with Crippen LogP contribution in [0.1, 0.15) is 18.0 Å². The van der Waals surface area contributed by atoms with Crippen LogP contribution >= 0.6 is 0 Å². The van der Waals surface area contributed by atoms with Crippen molar-refractivity contribution in [3.05, 3.63) is 59.6 Å². The minimum absolute atomic E-state index is 0.0788. The van der Waals surface area contributed by atoms with Crippen LogP contribution in [0, 0.1) is 5.82 Å². The van der Waals surface area contributed by atoms with Gasteiger partial charge in [-0.15, -0.1) is 6.58 Å². The molecule has 0 spiro atoms. The van der Waals surface area contributed by atoms with Gasteiger partial charge >= 0.3 is 6.03 Å². The Kier molecular flexibility index (Phi) is 5.48. The van der Waals surface area contributed by atoms with Crippen LogP contribution in [-0.2, 0) is 9.59 Å². The highest BCUT2D eigenvalue weighted by molar-refractivity contribution is 6.01. The largest absolute Gasteiger partial charge is 0.349 e. The molecule has 1 N–H and O–H groups in total. The van der Waals surface area contributed by atoms with Crippen molar-refractivity contribution in [3.8, 4) is 0 Å². The Bertz CT molecular complexity index is 848. The van der Waals surface area contributed by atoms with Crippen molar-refractivity contribution >= 4 is 17.8 Å². The molecule has 0 radical (unpaired) electrons. The average Bonchev–Trinajstić information content (AvgIpc) is 2.99. The summed E-state index contributed by atoms with van der Waals surface area (Å²) in [5.41, 5.74) is 1.67. The fraction of sp³-hybridized carbons (Fsp3) is 0.350. The van der Waals surface area contributed by atoms with Crippen LogP contribution < -0.4 is 5.32 Å². The first-order valence-corrected chi connectivity index (χ1v) is 9.00. The van der Waals surface area contributed by atoms with Crippen molar-refractivity contribution in [3.63, 3.8) is 0 Å². The Hall–Kier alpha value is -3.16. The SMILES string of the molecule is C=CCN1C(=O)NC(c2ccc(F)cc2)C2=C1CN(CCC(=O)N(C)C)C2=O. The van der Waals surface area contributed by atoms with E-state index in [0.29, 0.717) is 16.8 Å². The van der Waals surface area contributed by atoms with Crippen molar-refractivity contribution in [2.75, 3.05) is 33.7 Å². The number of hydrogen-bond donors (Lipinski definition) is 1. The Labute approximate surface area is 163 Å². The fourth-order valence-electron chi connectivity index (χ4n) is 3.41. The summed E-state index contributed by atoms with van der Waals surface area (Å²) in [7, 11) is 3.33. The normalized spacial score (nSPS) is 18.9. The summed E-state index contributed by atoms with van der Waals surface area (Å²) in [5, 5.41) is 2.83. The molecule has 1 atom stereocenters. The van der Waals surface area contributed by atoms with E-state index in [1.54, 1.807) is 37.2 Å². The topological polar surface area (TPSA) is 73.0 Å². The number of carbonyl (C=O) groups excluding carboxylic acids is 3. The lowest BCUT2D eigenvalue weighted by molar-refractivity contribution is -0.130. The summed E-state index contributed by atoms with van der Waals surface area (Å²) < 4.78 is 13.3. The van der Waals surface area contributed by atoms with Gasteiger partial charge in [0, 0.05) is 33.6 Å². The number of urea groups is 1. The molecule has 7 nitrogen and oxygen atoms in total. The van der Waals surface area contributed by atoms with Gasteiger partial charge in [0.15, 0.2) is 0 Å². The monoisotopic (exact) mass is 386 g/mol. The van der Waals surface area contributed by atoms with Gasteiger partial charge in [0.2, 0.25) is 5.91 Å². The molecule has 0 saturated carbocycles. The van der Waals surface area contributed by atoms with E-state index in [9.17, 15) is 18.8 Å². The molecule has 2 aliphatic rings. The van der Waals surface area contributed by atoms with Crippen LogP contribution in [0.4, 0.5) is 9.18 Å². The molecule has 0 fully saturated rings. The minimum Gasteiger partial charge on any atom is -0.349 e. The molecule has 1 aromatic rings. The quantitative estimate of drug-likeness (QED) is 0.756. The molecular formula is C20H23FN4O3. The summed E-state index contributed by atoms with van der Waals surface area (Å²) in [6, 6.07) is 4.70. The van der Waals surface area contributed by atoms with E-state index in [4.69, 9.17) is 0 Å². The second kappa shape index (κ2) is 7.84. The Morgan fingerprint density at radius 2 is 2.00 bits per heavy atom. The predicted octanol–water partition coefficient (Wildman–Crippen LogP) is 1.65. The zero-order chi connectivity index (χ0) is 20.4. The van der Waals surface area contributed by atoms with Gasteiger partial charge in [0.05, 0.1) is 23.9 Å². The predicted molar refractivity (Wildman–Crippen MR) is 101 cm³/mol. The Morgan fingerprint density at radius 3 is 2.61 bits per heavy atom. The average molecular weight is 386 g/mol. The van der Waals surface area contributed by atoms with Gasteiger partial charge in [-0.1, -0.05) is 18.2 Å². The van der Waals surface area contributed by atoms with Gasteiger partial charge in [-0.05, 0) is 17.7 Å². The Balaban J connectivity index is 1.91. The number of nitrogens with zero attached hydrogens (tertiary/aromatic N) is 3. The third-order valence-electron chi connectivity index (χ3n) is 4.91. The molecule has 0 aromatic heterocycles. The summed E-state index contributed by atoms with van der Waals surface area (Å²) in [4.78, 5) is 42.1. The molecule has 4 amide bonds. The fourth-order valence-corrected chi connectivity index (χ4v) is 3.41. The van der Waals surface area contributed by atoms with Crippen LogP contribution in [0.3, 0.4) is 0 Å². The molecule has 0 saturated heterocycles. The zero-order valence-electron chi connectivity index (χ0n) is 15.9. The maximum atomic E-state index is 13.3. The van der Waals surface area contributed by atoms with E-state index < -0.39 is 11.9 Å². The summed E-state index contributed by atoms with van der Waals surface area (Å²) in [6.45, 7) is 4.44. The molecule has 1 unspecified atom stereocenters. The van der Waals surface area contributed by atoms with E-state index in [1.807, 2.05) is 0 Å². The van der Waals surface area contributed by atoms with Crippen LogP contribution in [0.25, 0.3) is 0 Å². The van der Waals surface area contributed by atoms with Gasteiger partial charge < -0.3 is 15.1 Å². The summed E-state index contributed by atoms with van der Waals surface area (Å²) in [6.07, 6.45) is 1.79. The molecule has 2 heterocycles. The van der Waals surface area contributed by atoms with Gasteiger partial charge in [-0.25, -0.2) is 9.18 Å². The van der Waals surface area contributed by atoms with Crippen LogP contribution in [0.15, 0.2) is 48.2 Å². The second-order valence-corrected chi connectivity index (χ2v) is 6.96. The van der Waals surface area contributed by atoms with Gasteiger partial charge in [-0.3, -0.25) is 14.5 Å². The molecule has 2 aliphatic heterocycles. The third kappa shape index (κ3) is 3.62. The van der Waals surface area contributed by atoms with Crippen LogP contribution in [-0.4, -0.2) is 66.3 Å². The van der Waals surface area contributed by atoms with Crippen LogP contribution in [0.5, 0.6) is 0 Å². The Morgan fingerprint density at radius 1 is 1.32 bits per heavy atom. The number of amides is 4. The number of hydrogen-bond acceptors (Lipinski definition) is 3. The molecule has 8 heteroatoms. The number of benzene rings is 1. The minimum atomic E-state index is -0.661. The number of halogens is 1. The maximum absolute atomic E-state index is 13.3. The van der Waals surface area contributed by atoms with E-state index in [0.717, 1.165) is 0 Å². The second-order valence-electron chi connectivity index (χ2n) is 6.96. The van der Waals surface area contributed by atoms with Gasteiger partial charge in [0.25, 0.3) is 5.91 Å². The van der Waals surface area contributed by atoms with Gasteiger partial charge in [-0.2, -0.15) is 0 Å². The molecule has 0 aliphatic carbocycles. The van der Waals surface area contributed by atoms with Crippen molar-refractivity contribution < 1.29 is 18.8 Å². The van der Waals surface area contributed by atoms with E-state index in [2.05, 4.69) is 11.9 Å². The standard InChI is InChI=1S/C20H23FN4O3/c1-4-10-25-15-12-24(11-9-16(26)23(2)3)19(27)17(15)18(22-20(25)28)13-5-7-14(21)8-6-13/h4-8,18H,1,9-12H2,2-3H3,(H,22,28). The highest BCUT2D eigenvalue weighted by Crippen LogP contribution is 2.36. The highest BCUT2D eigenvalue weighted by Gasteiger charge is 2.43. The summed E-state index contributed by atoms with van der Waals surface area (Å²) in [5.74, 6) is -0.704. The van der Waals surface area contributed by atoms with Crippen LogP contribution in [0.2, 0.25) is 0 Å². The van der Waals surface area contributed by atoms with Crippen molar-refractivity contribution in [1.82, 2.24) is 20.0 Å². The van der Waals surface area contributed by atoms with Crippen molar-refractivity contribution in [2.45, 2.75) is 12.5 Å². The van der Waals surface area contributed by atoms with Crippen molar-refractivity contribution in [1.29, 1.82) is 0 Å². The molecule has 0 bridgehead atoms. The summed E-state index contributed by atoms with van der Waals surface area (Å²) >= 11 is 0. The zero-order valence-corrected chi connectivity index (χ0v) is 15.9. The highest BCUT2D eigenvalue weighted by atomic mass is 19.1. The first kappa shape index (κ1) is 19.6. The third-order valence-corrected chi connectivity index (χ3v) is 4.91. The molecule has 3 rings (SSSR count). The molecular weight excluding hydrogens is 363 g/mol. The van der Waals surface area contributed by atoms with E-state index >= 15 is 0 Å². The number of carbonyl (C=O) groups is 3. The van der Waals surface area contributed by atoms with E-state index in [-0.39, 0.29) is 43.9 Å². The first-order chi connectivity index (χ1) is 13.3. The van der Waals surface area contributed by atoms with Gasteiger partial charge in [0.1, 0.15) is 5.82 Å². The maximum Gasteiger partial charge on any atom is 0.322 e.